The molecule has 0 saturated carbocycles. The van der Waals surface area contributed by atoms with Gasteiger partial charge < -0.3 is 15.2 Å². The highest BCUT2D eigenvalue weighted by Gasteiger charge is 2.34. The maximum atomic E-state index is 10.9. The summed E-state index contributed by atoms with van der Waals surface area (Å²) < 4.78 is 5.15. The molecule has 1 saturated heterocycles. The van der Waals surface area contributed by atoms with E-state index in [-0.39, 0.29) is 12.6 Å². The van der Waals surface area contributed by atoms with Gasteiger partial charge in [0.25, 0.3) is 0 Å². The van der Waals surface area contributed by atoms with Crippen molar-refractivity contribution in [2.45, 2.75) is 13.0 Å². The van der Waals surface area contributed by atoms with Crippen molar-refractivity contribution < 1.29 is 14.6 Å². The second kappa shape index (κ2) is 4.44. The van der Waals surface area contributed by atoms with E-state index in [0.717, 1.165) is 0 Å². The molecule has 0 bridgehead atoms. The lowest BCUT2D eigenvalue weighted by molar-refractivity contribution is -0.141. The summed E-state index contributed by atoms with van der Waals surface area (Å²) in [7, 11) is 0. The van der Waals surface area contributed by atoms with Gasteiger partial charge in [-0.25, -0.2) is 9.97 Å². The van der Waals surface area contributed by atoms with Crippen molar-refractivity contribution in [3.05, 3.63) is 18.1 Å². The first-order valence-electron chi connectivity index (χ1n) is 5.03. The maximum absolute atomic E-state index is 10.9. The van der Waals surface area contributed by atoms with E-state index in [9.17, 15) is 4.79 Å². The number of nitrogens with zero attached hydrogens (tertiary/aromatic N) is 2. The quantitative estimate of drug-likeness (QED) is 0.766. The van der Waals surface area contributed by atoms with Crippen molar-refractivity contribution in [2.75, 3.05) is 18.5 Å². The Bertz CT molecular complexity index is 397. The second-order valence-electron chi connectivity index (χ2n) is 3.72. The van der Waals surface area contributed by atoms with Gasteiger partial charge in [0, 0.05) is 6.20 Å². The average Bonchev–Trinajstić information content (AvgIpc) is 2.66. The minimum Gasteiger partial charge on any atom is -0.481 e. The molecular weight excluding hydrogens is 210 g/mol. The highest BCUT2D eigenvalue weighted by atomic mass is 16.5. The van der Waals surface area contributed by atoms with Crippen LogP contribution in [-0.4, -0.2) is 40.3 Å². The van der Waals surface area contributed by atoms with Crippen molar-refractivity contribution in [1.29, 1.82) is 0 Å². The number of aromatic nitrogens is 2. The molecule has 2 unspecified atom stereocenters. The third-order valence-electron chi connectivity index (χ3n) is 2.51. The van der Waals surface area contributed by atoms with Gasteiger partial charge in [-0.3, -0.25) is 4.79 Å². The van der Waals surface area contributed by atoms with Crippen LogP contribution in [-0.2, 0) is 9.53 Å². The van der Waals surface area contributed by atoms with Gasteiger partial charge in [-0.15, -0.1) is 0 Å². The first-order chi connectivity index (χ1) is 7.66. The molecule has 2 heterocycles. The Morgan fingerprint density at radius 2 is 2.44 bits per heavy atom. The van der Waals surface area contributed by atoms with Gasteiger partial charge in [0.15, 0.2) is 0 Å². The standard InChI is InChI=1S/C10H13N3O3/c1-6-11-3-2-9(12-6)13-8-5-16-4-7(8)10(14)15/h2-3,7-8H,4-5H2,1H3,(H,14,15)(H,11,12,13). The summed E-state index contributed by atoms with van der Waals surface area (Å²) >= 11 is 0. The van der Waals surface area contributed by atoms with Crippen LogP contribution in [0.5, 0.6) is 0 Å². The molecule has 1 aliphatic rings. The Morgan fingerprint density at radius 1 is 1.62 bits per heavy atom. The van der Waals surface area contributed by atoms with Crippen molar-refractivity contribution in [3.63, 3.8) is 0 Å². The molecular formula is C10H13N3O3. The van der Waals surface area contributed by atoms with Gasteiger partial charge in [-0.2, -0.15) is 0 Å². The van der Waals surface area contributed by atoms with Crippen LogP contribution in [0.3, 0.4) is 0 Å². The first kappa shape index (κ1) is 10.8. The minimum absolute atomic E-state index is 0.230. The molecule has 16 heavy (non-hydrogen) atoms. The van der Waals surface area contributed by atoms with E-state index in [2.05, 4.69) is 15.3 Å². The van der Waals surface area contributed by atoms with E-state index in [4.69, 9.17) is 9.84 Å². The van der Waals surface area contributed by atoms with Crippen LogP contribution in [0, 0.1) is 12.8 Å². The molecule has 2 rings (SSSR count). The molecule has 2 N–H and O–H groups in total. The van der Waals surface area contributed by atoms with Gasteiger partial charge >= 0.3 is 5.97 Å². The van der Waals surface area contributed by atoms with Crippen LogP contribution < -0.4 is 5.32 Å². The lowest BCUT2D eigenvalue weighted by Crippen LogP contribution is -2.33. The van der Waals surface area contributed by atoms with Crippen LogP contribution in [0.2, 0.25) is 0 Å². The molecule has 6 nitrogen and oxygen atoms in total. The highest BCUT2D eigenvalue weighted by molar-refractivity contribution is 5.72. The lowest BCUT2D eigenvalue weighted by Gasteiger charge is -2.16. The fourth-order valence-electron chi connectivity index (χ4n) is 1.67. The number of carboxylic acid groups (broad SMARTS) is 1. The summed E-state index contributed by atoms with van der Waals surface area (Å²) in [6, 6.07) is 1.48. The Kier molecular flexibility index (Phi) is 3.00. The van der Waals surface area contributed by atoms with Crippen LogP contribution in [0.25, 0.3) is 0 Å². The van der Waals surface area contributed by atoms with Crippen LogP contribution in [0.4, 0.5) is 5.82 Å². The molecule has 0 aliphatic carbocycles. The summed E-state index contributed by atoms with van der Waals surface area (Å²) in [5, 5.41) is 12.0. The molecule has 0 amide bonds. The topological polar surface area (TPSA) is 84.3 Å². The zero-order valence-electron chi connectivity index (χ0n) is 8.88. The average molecular weight is 223 g/mol. The molecule has 1 aromatic heterocycles. The fraction of sp³-hybridized carbons (Fsp3) is 0.500. The van der Waals surface area contributed by atoms with Gasteiger partial charge in [-0.05, 0) is 13.0 Å². The number of hydrogen-bond acceptors (Lipinski definition) is 5. The predicted molar refractivity (Wildman–Crippen MR) is 56.1 cm³/mol. The molecule has 0 radical (unpaired) electrons. The molecule has 6 heteroatoms. The number of aliphatic carboxylic acids is 1. The SMILES string of the molecule is Cc1nccc(NC2COCC2C(=O)O)n1. The smallest absolute Gasteiger partial charge is 0.311 e. The number of carboxylic acids is 1. The normalized spacial score (nSPS) is 24.3. The number of aryl methyl sites for hydroxylation is 1. The summed E-state index contributed by atoms with van der Waals surface area (Å²) in [4.78, 5) is 19.0. The van der Waals surface area contributed by atoms with Crippen molar-refractivity contribution in [3.8, 4) is 0 Å². The largest absolute Gasteiger partial charge is 0.481 e. The maximum Gasteiger partial charge on any atom is 0.311 e. The number of anilines is 1. The number of ether oxygens (including phenoxy) is 1. The van der Waals surface area contributed by atoms with Gasteiger partial charge in [-0.1, -0.05) is 0 Å². The molecule has 0 aromatic carbocycles. The summed E-state index contributed by atoms with van der Waals surface area (Å²) in [5.41, 5.74) is 0. The molecule has 1 aliphatic heterocycles. The van der Waals surface area contributed by atoms with Crippen molar-refractivity contribution in [2.24, 2.45) is 5.92 Å². The van der Waals surface area contributed by atoms with Crippen LogP contribution in [0.1, 0.15) is 5.82 Å². The van der Waals surface area contributed by atoms with Crippen molar-refractivity contribution in [1.82, 2.24) is 9.97 Å². The van der Waals surface area contributed by atoms with Gasteiger partial charge in [0.1, 0.15) is 17.6 Å². The van der Waals surface area contributed by atoms with Gasteiger partial charge in [0.2, 0.25) is 0 Å². The predicted octanol–water partition coefficient (Wildman–Crippen LogP) is 0.297. The third-order valence-corrected chi connectivity index (χ3v) is 2.51. The highest BCUT2D eigenvalue weighted by Crippen LogP contribution is 2.17. The summed E-state index contributed by atoms with van der Waals surface area (Å²) in [6.45, 7) is 2.42. The van der Waals surface area contributed by atoms with E-state index in [1.54, 1.807) is 19.2 Å². The number of nitrogens with one attached hydrogen (secondary N) is 1. The first-order valence-corrected chi connectivity index (χ1v) is 5.03. The molecule has 2 atom stereocenters. The van der Waals surface area contributed by atoms with Crippen molar-refractivity contribution >= 4 is 11.8 Å². The molecule has 86 valence electrons. The fourth-order valence-corrected chi connectivity index (χ4v) is 1.67. The van der Waals surface area contributed by atoms with E-state index in [1.807, 2.05) is 0 Å². The minimum atomic E-state index is -0.847. The van der Waals surface area contributed by atoms with E-state index in [1.165, 1.54) is 0 Å². The van der Waals surface area contributed by atoms with E-state index < -0.39 is 11.9 Å². The van der Waals surface area contributed by atoms with Crippen LogP contribution in [0.15, 0.2) is 12.3 Å². The summed E-state index contributed by atoms with van der Waals surface area (Å²) in [6.07, 6.45) is 1.64. The number of carbonyl (C=O) groups is 1. The number of rotatable bonds is 3. The van der Waals surface area contributed by atoms with E-state index in [0.29, 0.717) is 18.2 Å². The Hall–Kier alpha value is -1.69. The van der Waals surface area contributed by atoms with Crippen LogP contribution >= 0.6 is 0 Å². The Labute approximate surface area is 92.7 Å². The molecule has 1 aromatic rings. The Morgan fingerprint density at radius 3 is 3.12 bits per heavy atom. The number of hydrogen-bond donors (Lipinski definition) is 2. The summed E-state index contributed by atoms with van der Waals surface area (Å²) in [5.74, 6) is -0.0823. The molecule has 0 spiro atoms. The second-order valence-corrected chi connectivity index (χ2v) is 3.72. The third kappa shape index (κ3) is 2.27. The zero-order valence-corrected chi connectivity index (χ0v) is 8.88. The lowest BCUT2D eigenvalue weighted by atomic mass is 10.0. The zero-order chi connectivity index (χ0) is 11.5. The van der Waals surface area contributed by atoms with E-state index >= 15 is 0 Å². The molecule has 1 fully saturated rings. The Balaban J connectivity index is 2.06. The van der Waals surface area contributed by atoms with Gasteiger partial charge in [0.05, 0.1) is 19.3 Å². The monoisotopic (exact) mass is 223 g/mol.